The minimum atomic E-state index is -3.95. The lowest BCUT2D eigenvalue weighted by molar-refractivity contribution is -0.139. The van der Waals surface area contributed by atoms with E-state index in [4.69, 9.17) is 9.47 Å². The number of sulfonamides is 1. The van der Waals surface area contributed by atoms with E-state index in [1.165, 1.54) is 13.2 Å². The molecule has 2 atom stereocenters. The first kappa shape index (κ1) is 18.7. The Kier molecular flexibility index (Phi) is 5.84. The molecule has 2 N–H and O–H groups in total. The van der Waals surface area contributed by atoms with Gasteiger partial charge in [0.05, 0.1) is 12.0 Å². The number of aliphatic carboxylic acids is 1. The van der Waals surface area contributed by atoms with E-state index in [1.807, 2.05) is 0 Å². The van der Waals surface area contributed by atoms with E-state index >= 15 is 0 Å². The first-order valence-electron chi connectivity index (χ1n) is 7.72. The van der Waals surface area contributed by atoms with Gasteiger partial charge in [-0.05, 0) is 55.9 Å². The first-order valence-corrected chi connectivity index (χ1v) is 9.21. The molecule has 2 unspecified atom stereocenters. The minimum Gasteiger partial charge on any atom is -0.496 e. The van der Waals surface area contributed by atoms with Crippen LogP contribution in [0.2, 0.25) is 0 Å². The zero-order valence-electron chi connectivity index (χ0n) is 14.0. The van der Waals surface area contributed by atoms with Gasteiger partial charge >= 0.3 is 5.97 Å². The summed E-state index contributed by atoms with van der Waals surface area (Å²) in [7, 11) is -2.44. The predicted molar refractivity (Wildman–Crippen MR) is 87.8 cm³/mol. The van der Waals surface area contributed by atoms with Crippen LogP contribution in [-0.2, 0) is 19.6 Å². The number of hydrogen-bond acceptors (Lipinski definition) is 5. The van der Waals surface area contributed by atoms with Crippen LogP contribution < -0.4 is 9.46 Å². The van der Waals surface area contributed by atoms with Gasteiger partial charge in [-0.1, -0.05) is 0 Å². The molecule has 0 saturated carbocycles. The van der Waals surface area contributed by atoms with Gasteiger partial charge in [0.15, 0.2) is 0 Å². The van der Waals surface area contributed by atoms with Crippen LogP contribution in [0.5, 0.6) is 5.75 Å². The Hall–Kier alpha value is -1.64. The average molecular weight is 357 g/mol. The Labute approximate surface area is 142 Å². The molecule has 0 bridgehead atoms. The molecule has 0 radical (unpaired) electrons. The smallest absolute Gasteiger partial charge is 0.321 e. The van der Waals surface area contributed by atoms with Crippen LogP contribution in [0.15, 0.2) is 17.0 Å². The Bertz CT molecular complexity index is 710. The number of hydrogen-bond donors (Lipinski definition) is 2. The van der Waals surface area contributed by atoms with Crippen LogP contribution in [0, 0.1) is 19.8 Å². The summed E-state index contributed by atoms with van der Waals surface area (Å²) >= 11 is 0. The lowest BCUT2D eigenvalue weighted by atomic mass is 10.00. The van der Waals surface area contributed by atoms with Crippen LogP contribution in [0.4, 0.5) is 0 Å². The molecule has 134 valence electrons. The fourth-order valence-electron chi connectivity index (χ4n) is 2.83. The molecule has 1 aliphatic heterocycles. The van der Waals surface area contributed by atoms with E-state index in [1.54, 1.807) is 19.9 Å². The lowest BCUT2D eigenvalue weighted by Crippen LogP contribution is -2.42. The molecule has 1 aromatic rings. The number of rotatable bonds is 7. The summed E-state index contributed by atoms with van der Waals surface area (Å²) in [6, 6.07) is 1.95. The van der Waals surface area contributed by atoms with Gasteiger partial charge in [-0.3, -0.25) is 4.79 Å². The SMILES string of the molecule is COc1cc(C)c(S(=O)(=O)NC(CC2CCOC2)C(=O)O)cc1C. The number of carbonyl (C=O) groups is 1. The fourth-order valence-corrected chi connectivity index (χ4v) is 4.34. The van der Waals surface area contributed by atoms with Gasteiger partial charge in [0.25, 0.3) is 0 Å². The largest absolute Gasteiger partial charge is 0.496 e. The molecule has 2 rings (SSSR count). The third-order valence-electron chi connectivity index (χ3n) is 4.17. The molecule has 7 nitrogen and oxygen atoms in total. The maximum Gasteiger partial charge on any atom is 0.321 e. The average Bonchev–Trinajstić information content (AvgIpc) is 3.01. The molecule has 24 heavy (non-hydrogen) atoms. The highest BCUT2D eigenvalue weighted by molar-refractivity contribution is 7.89. The van der Waals surface area contributed by atoms with E-state index in [-0.39, 0.29) is 17.2 Å². The highest BCUT2D eigenvalue weighted by atomic mass is 32.2. The number of aryl methyl sites for hydroxylation is 2. The topological polar surface area (TPSA) is 102 Å². The number of carboxylic acids is 1. The number of benzene rings is 1. The van der Waals surface area contributed by atoms with Crippen LogP contribution in [-0.4, -0.2) is 45.9 Å². The van der Waals surface area contributed by atoms with Gasteiger partial charge < -0.3 is 14.6 Å². The molecule has 0 aromatic heterocycles. The molecule has 8 heteroatoms. The van der Waals surface area contributed by atoms with Gasteiger partial charge in [0.1, 0.15) is 11.8 Å². The minimum absolute atomic E-state index is 0.0486. The van der Waals surface area contributed by atoms with Crippen molar-refractivity contribution in [3.8, 4) is 5.75 Å². The van der Waals surface area contributed by atoms with Crippen molar-refractivity contribution in [3.05, 3.63) is 23.3 Å². The molecular weight excluding hydrogens is 334 g/mol. The molecule has 0 aliphatic carbocycles. The molecule has 0 spiro atoms. The van der Waals surface area contributed by atoms with Crippen molar-refractivity contribution in [2.45, 2.75) is 37.6 Å². The van der Waals surface area contributed by atoms with E-state index in [0.717, 1.165) is 6.42 Å². The van der Waals surface area contributed by atoms with Crippen LogP contribution in [0.25, 0.3) is 0 Å². The highest BCUT2D eigenvalue weighted by Crippen LogP contribution is 2.26. The summed E-state index contributed by atoms with van der Waals surface area (Å²) in [6.07, 6.45) is 0.953. The van der Waals surface area contributed by atoms with Gasteiger partial charge in [-0.15, -0.1) is 0 Å². The van der Waals surface area contributed by atoms with E-state index < -0.39 is 22.0 Å². The van der Waals surface area contributed by atoms with Gasteiger partial charge in [0.2, 0.25) is 10.0 Å². The molecular formula is C16H23NO6S. The first-order chi connectivity index (χ1) is 11.2. The summed E-state index contributed by atoms with van der Waals surface area (Å²) in [5.74, 6) is -0.551. The zero-order valence-corrected chi connectivity index (χ0v) is 14.9. The molecule has 1 fully saturated rings. The van der Waals surface area contributed by atoms with Crippen molar-refractivity contribution >= 4 is 16.0 Å². The Morgan fingerprint density at radius 1 is 1.42 bits per heavy atom. The van der Waals surface area contributed by atoms with Gasteiger partial charge in [0, 0.05) is 13.2 Å². The Balaban J connectivity index is 2.25. The van der Waals surface area contributed by atoms with Crippen LogP contribution in [0.3, 0.4) is 0 Å². The fraction of sp³-hybridized carbons (Fsp3) is 0.562. The molecule has 0 amide bonds. The number of ether oxygens (including phenoxy) is 2. The molecule has 1 aromatic carbocycles. The number of methoxy groups -OCH3 is 1. The molecule has 1 aliphatic rings. The van der Waals surface area contributed by atoms with Crippen molar-refractivity contribution in [3.63, 3.8) is 0 Å². The summed E-state index contributed by atoms with van der Waals surface area (Å²) in [4.78, 5) is 11.5. The Morgan fingerprint density at radius 3 is 2.67 bits per heavy atom. The maximum atomic E-state index is 12.6. The van der Waals surface area contributed by atoms with Crippen LogP contribution in [0.1, 0.15) is 24.0 Å². The van der Waals surface area contributed by atoms with Gasteiger partial charge in [-0.2, -0.15) is 4.72 Å². The van der Waals surface area contributed by atoms with E-state index in [9.17, 15) is 18.3 Å². The maximum absolute atomic E-state index is 12.6. The zero-order chi connectivity index (χ0) is 17.9. The second kappa shape index (κ2) is 7.50. The van der Waals surface area contributed by atoms with Crippen molar-refractivity contribution in [2.75, 3.05) is 20.3 Å². The predicted octanol–water partition coefficient (Wildman–Crippen LogP) is 1.47. The van der Waals surface area contributed by atoms with Crippen molar-refractivity contribution in [1.29, 1.82) is 0 Å². The molecule has 1 heterocycles. The third kappa shape index (κ3) is 4.25. The lowest BCUT2D eigenvalue weighted by Gasteiger charge is -2.19. The van der Waals surface area contributed by atoms with E-state index in [0.29, 0.717) is 30.1 Å². The molecule has 1 saturated heterocycles. The summed E-state index contributed by atoms with van der Waals surface area (Å²) in [5.41, 5.74) is 1.16. The number of nitrogens with one attached hydrogen (secondary N) is 1. The Morgan fingerprint density at radius 2 is 2.12 bits per heavy atom. The van der Waals surface area contributed by atoms with Crippen LogP contribution >= 0.6 is 0 Å². The normalized spacial score (nSPS) is 19.2. The second-order valence-electron chi connectivity index (χ2n) is 6.06. The summed E-state index contributed by atoms with van der Waals surface area (Å²) < 4.78 is 38.0. The highest BCUT2D eigenvalue weighted by Gasteiger charge is 2.30. The van der Waals surface area contributed by atoms with E-state index in [2.05, 4.69) is 4.72 Å². The van der Waals surface area contributed by atoms with Crippen molar-refractivity contribution < 1.29 is 27.8 Å². The van der Waals surface area contributed by atoms with Gasteiger partial charge in [-0.25, -0.2) is 8.42 Å². The third-order valence-corrected chi connectivity index (χ3v) is 5.78. The second-order valence-corrected chi connectivity index (χ2v) is 7.75. The van der Waals surface area contributed by atoms with Crippen molar-refractivity contribution in [1.82, 2.24) is 4.72 Å². The monoisotopic (exact) mass is 357 g/mol. The summed E-state index contributed by atoms with van der Waals surface area (Å²) in [5, 5.41) is 9.36. The van der Waals surface area contributed by atoms with Crippen molar-refractivity contribution in [2.24, 2.45) is 5.92 Å². The standard InChI is InChI=1S/C16H23NO6S/c1-10-7-15(11(2)6-14(10)22-3)24(20,21)17-13(16(18)19)8-12-4-5-23-9-12/h6-7,12-13,17H,4-5,8-9H2,1-3H3,(H,18,19). The summed E-state index contributed by atoms with van der Waals surface area (Å²) in [6.45, 7) is 4.44. The number of carboxylic acid groups (broad SMARTS) is 1. The quantitative estimate of drug-likeness (QED) is 0.766.